The van der Waals surface area contributed by atoms with Gasteiger partial charge in [-0.05, 0) is 42.7 Å². The molecule has 0 aliphatic carbocycles. The quantitative estimate of drug-likeness (QED) is 0.756. The standard InChI is InChI=1S/C20H23ClN2O2/c1-4-5-16-8-10-19(18(21)12-16)25-20-11-9-17(13-22-20)7-6-14(2)23-15(3)24/h6-14H,4-5H2,1-3H3,(H,23,24)/t14-/m0/s1. The monoisotopic (exact) mass is 358 g/mol. The molecule has 2 rings (SSSR count). The Kier molecular flexibility index (Phi) is 7.02. The molecule has 0 bridgehead atoms. The Labute approximate surface area is 153 Å². The summed E-state index contributed by atoms with van der Waals surface area (Å²) >= 11 is 6.27. The van der Waals surface area contributed by atoms with Crippen LogP contribution in [0.25, 0.3) is 6.08 Å². The van der Waals surface area contributed by atoms with Gasteiger partial charge in [-0.3, -0.25) is 4.79 Å². The number of carbonyl (C=O) groups excluding carboxylic acids is 1. The molecular formula is C20H23ClN2O2. The summed E-state index contributed by atoms with van der Waals surface area (Å²) in [7, 11) is 0. The lowest BCUT2D eigenvalue weighted by molar-refractivity contribution is -0.119. The van der Waals surface area contributed by atoms with E-state index in [1.807, 2.05) is 43.3 Å². The molecule has 1 aromatic carbocycles. The van der Waals surface area contributed by atoms with E-state index in [4.69, 9.17) is 16.3 Å². The summed E-state index contributed by atoms with van der Waals surface area (Å²) in [6, 6.07) is 9.48. The molecule has 0 saturated carbocycles. The Balaban J connectivity index is 2.00. The molecule has 1 atom stereocenters. The number of carbonyl (C=O) groups is 1. The van der Waals surface area contributed by atoms with Crippen molar-refractivity contribution in [2.24, 2.45) is 0 Å². The first kappa shape index (κ1) is 19.0. The third-order valence-electron chi connectivity index (χ3n) is 3.52. The molecule has 2 aromatic rings. The smallest absolute Gasteiger partial charge is 0.219 e. The summed E-state index contributed by atoms with van der Waals surface area (Å²) in [6.07, 6.45) is 7.60. The van der Waals surface area contributed by atoms with Gasteiger partial charge >= 0.3 is 0 Å². The van der Waals surface area contributed by atoms with Gasteiger partial charge < -0.3 is 10.1 Å². The van der Waals surface area contributed by atoms with Crippen molar-refractivity contribution in [3.05, 3.63) is 58.8 Å². The van der Waals surface area contributed by atoms with Crippen molar-refractivity contribution in [1.82, 2.24) is 10.3 Å². The Morgan fingerprint density at radius 1 is 1.36 bits per heavy atom. The molecule has 0 fully saturated rings. The van der Waals surface area contributed by atoms with E-state index in [0.29, 0.717) is 16.7 Å². The van der Waals surface area contributed by atoms with Crippen LogP contribution in [0.1, 0.15) is 38.3 Å². The first-order valence-electron chi connectivity index (χ1n) is 8.35. The Morgan fingerprint density at radius 2 is 2.16 bits per heavy atom. The Hall–Kier alpha value is -2.33. The molecule has 1 N–H and O–H groups in total. The molecule has 0 unspecified atom stereocenters. The van der Waals surface area contributed by atoms with Gasteiger partial charge in [0.2, 0.25) is 11.8 Å². The predicted octanol–water partition coefficient (Wildman–Crippen LogP) is 5.02. The zero-order chi connectivity index (χ0) is 18.2. The molecule has 1 heterocycles. The molecule has 4 nitrogen and oxygen atoms in total. The van der Waals surface area contributed by atoms with Crippen molar-refractivity contribution in [3.8, 4) is 11.6 Å². The first-order valence-corrected chi connectivity index (χ1v) is 8.73. The van der Waals surface area contributed by atoms with Crippen LogP contribution in [-0.4, -0.2) is 16.9 Å². The van der Waals surface area contributed by atoms with Crippen LogP contribution in [-0.2, 0) is 11.2 Å². The molecule has 0 radical (unpaired) electrons. The lowest BCUT2D eigenvalue weighted by Crippen LogP contribution is -2.28. The van der Waals surface area contributed by atoms with E-state index in [1.165, 1.54) is 12.5 Å². The highest BCUT2D eigenvalue weighted by Gasteiger charge is 2.05. The van der Waals surface area contributed by atoms with Crippen molar-refractivity contribution < 1.29 is 9.53 Å². The van der Waals surface area contributed by atoms with Gasteiger partial charge in [0.15, 0.2) is 0 Å². The molecule has 0 aliphatic rings. The molecule has 0 aliphatic heterocycles. The summed E-state index contributed by atoms with van der Waals surface area (Å²) in [4.78, 5) is 15.3. The predicted molar refractivity (Wildman–Crippen MR) is 102 cm³/mol. The van der Waals surface area contributed by atoms with Crippen molar-refractivity contribution >= 4 is 23.6 Å². The first-order chi connectivity index (χ1) is 12.0. The lowest BCUT2D eigenvalue weighted by Gasteiger charge is -2.09. The number of nitrogens with one attached hydrogen (secondary N) is 1. The van der Waals surface area contributed by atoms with Gasteiger partial charge in [-0.1, -0.05) is 43.2 Å². The largest absolute Gasteiger partial charge is 0.437 e. The summed E-state index contributed by atoms with van der Waals surface area (Å²) in [6.45, 7) is 5.54. The summed E-state index contributed by atoms with van der Waals surface area (Å²) in [5.74, 6) is 1.02. The molecule has 132 valence electrons. The Bertz CT molecular complexity index is 742. The molecule has 5 heteroatoms. The fourth-order valence-electron chi connectivity index (χ4n) is 2.36. The summed E-state index contributed by atoms with van der Waals surface area (Å²) < 4.78 is 5.75. The fourth-order valence-corrected chi connectivity index (χ4v) is 2.60. The number of aromatic nitrogens is 1. The highest BCUT2D eigenvalue weighted by atomic mass is 35.5. The number of pyridine rings is 1. The number of hydrogen-bond acceptors (Lipinski definition) is 3. The summed E-state index contributed by atoms with van der Waals surface area (Å²) in [5, 5.41) is 3.38. The topological polar surface area (TPSA) is 51.2 Å². The minimum absolute atomic E-state index is 0.0335. The second-order valence-electron chi connectivity index (χ2n) is 5.89. The minimum Gasteiger partial charge on any atom is -0.437 e. The number of halogens is 1. The zero-order valence-electron chi connectivity index (χ0n) is 14.8. The van der Waals surface area contributed by atoms with Gasteiger partial charge in [0.25, 0.3) is 0 Å². The van der Waals surface area contributed by atoms with Crippen LogP contribution in [0, 0.1) is 0 Å². The average Bonchev–Trinajstić information content (AvgIpc) is 2.56. The van der Waals surface area contributed by atoms with Crippen LogP contribution in [0.4, 0.5) is 0 Å². The van der Waals surface area contributed by atoms with E-state index in [-0.39, 0.29) is 11.9 Å². The number of aryl methyl sites for hydroxylation is 1. The third-order valence-corrected chi connectivity index (χ3v) is 3.81. The number of benzene rings is 1. The maximum absolute atomic E-state index is 11.0. The maximum atomic E-state index is 11.0. The van der Waals surface area contributed by atoms with E-state index >= 15 is 0 Å². The normalized spacial score (nSPS) is 12.2. The number of nitrogens with zero attached hydrogens (tertiary/aromatic N) is 1. The lowest BCUT2D eigenvalue weighted by atomic mass is 10.1. The van der Waals surface area contributed by atoms with Gasteiger partial charge in [-0.2, -0.15) is 0 Å². The van der Waals surface area contributed by atoms with E-state index in [2.05, 4.69) is 17.2 Å². The van der Waals surface area contributed by atoms with Crippen LogP contribution in [0.15, 0.2) is 42.6 Å². The zero-order valence-corrected chi connectivity index (χ0v) is 15.5. The van der Waals surface area contributed by atoms with Gasteiger partial charge in [0, 0.05) is 25.2 Å². The second kappa shape index (κ2) is 9.23. The second-order valence-corrected chi connectivity index (χ2v) is 6.30. The van der Waals surface area contributed by atoms with Crippen LogP contribution in [0.5, 0.6) is 11.6 Å². The van der Waals surface area contributed by atoms with Crippen LogP contribution in [0.3, 0.4) is 0 Å². The van der Waals surface area contributed by atoms with E-state index in [0.717, 1.165) is 18.4 Å². The molecule has 1 aromatic heterocycles. The number of hydrogen-bond donors (Lipinski definition) is 1. The molecule has 25 heavy (non-hydrogen) atoms. The number of amides is 1. The molecule has 0 saturated heterocycles. The highest BCUT2D eigenvalue weighted by molar-refractivity contribution is 6.32. The van der Waals surface area contributed by atoms with Gasteiger partial charge in [-0.25, -0.2) is 4.98 Å². The van der Waals surface area contributed by atoms with E-state index in [1.54, 1.807) is 12.3 Å². The summed E-state index contributed by atoms with van der Waals surface area (Å²) in [5.41, 5.74) is 2.12. The maximum Gasteiger partial charge on any atom is 0.219 e. The van der Waals surface area contributed by atoms with Crippen molar-refractivity contribution in [1.29, 1.82) is 0 Å². The third kappa shape index (κ3) is 6.24. The minimum atomic E-state index is -0.0548. The average molecular weight is 359 g/mol. The van der Waals surface area contributed by atoms with Crippen molar-refractivity contribution in [2.75, 3.05) is 0 Å². The number of ether oxygens (including phenoxy) is 1. The van der Waals surface area contributed by atoms with Crippen LogP contribution in [0.2, 0.25) is 5.02 Å². The van der Waals surface area contributed by atoms with Gasteiger partial charge in [0.05, 0.1) is 5.02 Å². The Morgan fingerprint density at radius 3 is 2.76 bits per heavy atom. The highest BCUT2D eigenvalue weighted by Crippen LogP contribution is 2.29. The fraction of sp³-hybridized carbons (Fsp3) is 0.300. The SMILES string of the molecule is CCCc1ccc(Oc2ccc(C=C[C@H](C)NC(C)=O)cn2)c(Cl)c1. The number of rotatable bonds is 7. The van der Waals surface area contributed by atoms with E-state index in [9.17, 15) is 4.79 Å². The van der Waals surface area contributed by atoms with Crippen molar-refractivity contribution in [3.63, 3.8) is 0 Å². The van der Waals surface area contributed by atoms with E-state index < -0.39 is 0 Å². The van der Waals surface area contributed by atoms with Crippen molar-refractivity contribution in [2.45, 2.75) is 39.7 Å². The van der Waals surface area contributed by atoms with Gasteiger partial charge in [0.1, 0.15) is 5.75 Å². The van der Waals surface area contributed by atoms with Crippen LogP contribution < -0.4 is 10.1 Å². The van der Waals surface area contributed by atoms with Gasteiger partial charge in [-0.15, -0.1) is 0 Å². The van der Waals surface area contributed by atoms with Crippen LogP contribution >= 0.6 is 11.6 Å². The molecule has 1 amide bonds. The molecule has 0 spiro atoms. The molecular weight excluding hydrogens is 336 g/mol.